The van der Waals surface area contributed by atoms with Gasteiger partial charge in [0.05, 0.1) is 5.69 Å². The summed E-state index contributed by atoms with van der Waals surface area (Å²) in [6.07, 6.45) is 3.80. The number of nitrogens with zero attached hydrogens (tertiary/aromatic N) is 1. The largest absolute Gasteiger partial charge is 0.384 e. The van der Waals surface area contributed by atoms with Crippen LogP contribution in [0.2, 0.25) is 0 Å². The van der Waals surface area contributed by atoms with Crippen LogP contribution in [0.25, 0.3) is 0 Å². The van der Waals surface area contributed by atoms with Crippen molar-refractivity contribution in [2.75, 3.05) is 26.0 Å². The number of rotatable bonds is 5. The molecule has 2 rings (SSSR count). The van der Waals surface area contributed by atoms with Gasteiger partial charge in [0.15, 0.2) is 0 Å². The van der Waals surface area contributed by atoms with Crippen LogP contribution in [0.3, 0.4) is 0 Å². The van der Waals surface area contributed by atoms with E-state index < -0.39 is 10.0 Å². The van der Waals surface area contributed by atoms with Crippen molar-refractivity contribution in [2.45, 2.75) is 31.1 Å². The number of nitrogens with one attached hydrogen (secondary N) is 1. The second-order valence-electron chi connectivity index (χ2n) is 5.83. The van der Waals surface area contributed by atoms with Gasteiger partial charge >= 0.3 is 0 Å². The van der Waals surface area contributed by atoms with Crippen molar-refractivity contribution >= 4 is 15.7 Å². The third-order valence-electron chi connectivity index (χ3n) is 4.24. The SMILES string of the molecule is CC1CCCC1CNc1ccccc1S(=O)(=O)N(C)C. The molecule has 5 heteroatoms. The van der Waals surface area contributed by atoms with Gasteiger partial charge < -0.3 is 5.32 Å². The van der Waals surface area contributed by atoms with E-state index in [4.69, 9.17) is 0 Å². The van der Waals surface area contributed by atoms with Crippen molar-refractivity contribution < 1.29 is 8.42 Å². The molecule has 0 spiro atoms. The fourth-order valence-corrected chi connectivity index (χ4v) is 3.86. The zero-order chi connectivity index (χ0) is 14.8. The number of sulfonamides is 1. The highest BCUT2D eigenvalue weighted by Gasteiger charge is 2.25. The van der Waals surface area contributed by atoms with E-state index in [1.807, 2.05) is 12.1 Å². The summed E-state index contributed by atoms with van der Waals surface area (Å²) in [5, 5.41) is 3.34. The number of para-hydroxylation sites is 1. The van der Waals surface area contributed by atoms with E-state index in [-0.39, 0.29) is 0 Å². The fourth-order valence-electron chi connectivity index (χ4n) is 2.80. The zero-order valence-electron chi connectivity index (χ0n) is 12.5. The Balaban J connectivity index is 2.16. The third-order valence-corrected chi connectivity index (χ3v) is 6.11. The Morgan fingerprint density at radius 3 is 2.55 bits per heavy atom. The number of hydrogen-bond acceptors (Lipinski definition) is 3. The summed E-state index contributed by atoms with van der Waals surface area (Å²) >= 11 is 0. The van der Waals surface area contributed by atoms with E-state index >= 15 is 0 Å². The zero-order valence-corrected chi connectivity index (χ0v) is 13.3. The first-order valence-corrected chi connectivity index (χ1v) is 8.62. The van der Waals surface area contributed by atoms with E-state index in [0.717, 1.165) is 12.5 Å². The van der Waals surface area contributed by atoms with E-state index in [1.54, 1.807) is 26.2 Å². The van der Waals surface area contributed by atoms with Crippen LogP contribution in [0.5, 0.6) is 0 Å². The predicted octanol–water partition coefficient (Wildman–Crippen LogP) is 2.79. The van der Waals surface area contributed by atoms with Crippen molar-refractivity contribution in [1.29, 1.82) is 0 Å². The Hall–Kier alpha value is -1.07. The second kappa shape index (κ2) is 6.14. The lowest BCUT2D eigenvalue weighted by atomic mass is 9.98. The number of anilines is 1. The van der Waals surface area contributed by atoms with Crippen LogP contribution in [0.15, 0.2) is 29.2 Å². The minimum Gasteiger partial charge on any atom is -0.384 e. The standard InChI is InChI=1S/C15H24N2O2S/c1-12-7-6-8-13(12)11-16-14-9-4-5-10-15(14)20(18,19)17(2)3/h4-5,9-10,12-13,16H,6-8,11H2,1-3H3. The molecule has 0 aromatic heterocycles. The summed E-state index contributed by atoms with van der Waals surface area (Å²) in [5.74, 6) is 1.37. The normalized spacial score (nSPS) is 23.2. The second-order valence-corrected chi connectivity index (χ2v) is 7.95. The molecule has 1 aliphatic carbocycles. The molecule has 2 unspecified atom stereocenters. The highest BCUT2D eigenvalue weighted by atomic mass is 32.2. The first-order valence-electron chi connectivity index (χ1n) is 7.18. The Kier molecular flexibility index (Phi) is 4.70. The molecule has 20 heavy (non-hydrogen) atoms. The summed E-state index contributed by atoms with van der Waals surface area (Å²) in [5.41, 5.74) is 0.709. The molecule has 0 radical (unpaired) electrons. The average molecular weight is 296 g/mol. The van der Waals surface area contributed by atoms with Gasteiger partial charge in [-0.2, -0.15) is 0 Å². The van der Waals surface area contributed by atoms with Gasteiger partial charge in [-0.25, -0.2) is 12.7 Å². The Labute approximate surface area is 122 Å². The maximum absolute atomic E-state index is 12.3. The van der Waals surface area contributed by atoms with Gasteiger partial charge in [0.25, 0.3) is 0 Å². The molecule has 0 heterocycles. The van der Waals surface area contributed by atoms with Gasteiger partial charge in [0.2, 0.25) is 10.0 Å². The molecule has 1 aromatic rings. The summed E-state index contributed by atoms with van der Waals surface area (Å²) < 4.78 is 25.9. The summed E-state index contributed by atoms with van der Waals surface area (Å²) in [4.78, 5) is 0.357. The van der Waals surface area contributed by atoms with E-state index in [1.165, 1.54) is 23.6 Å². The molecule has 1 saturated carbocycles. The van der Waals surface area contributed by atoms with Crippen molar-refractivity contribution in [3.8, 4) is 0 Å². The van der Waals surface area contributed by atoms with Crippen LogP contribution in [0, 0.1) is 11.8 Å². The molecule has 1 fully saturated rings. The van der Waals surface area contributed by atoms with Crippen molar-refractivity contribution in [2.24, 2.45) is 11.8 Å². The third kappa shape index (κ3) is 3.15. The van der Waals surface area contributed by atoms with Gasteiger partial charge in [-0.05, 0) is 30.4 Å². The van der Waals surface area contributed by atoms with Gasteiger partial charge in [-0.3, -0.25) is 0 Å². The van der Waals surface area contributed by atoms with Crippen LogP contribution in [-0.2, 0) is 10.0 Å². The first-order chi connectivity index (χ1) is 9.43. The van der Waals surface area contributed by atoms with E-state index in [0.29, 0.717) is 16.5 Å². The minimum atomic E-state index is -3.40. The van der Waals surface area contributed by atoms with Crippen molar-refractivity contribution in [1.82, 2.24) is 4.31 Å². The lowest BCUT2D eigenvalue weighted by molar-refractivity contribution is 0.439. The summed E-state index contributed by atoms with van der Waals surface area (Å²) in [7, 11) is -0.275. The van der Waals surface area contributed by atoms with Crippen molar-refractivity contribution in [3.63, 3.8) is 0 Å². The molecule has 0 amide bonds. The van der Waals surface area contributed by atoms with Crippen molar-refractivity contribution in [3.05, 3.63) is 24.3 Å². The molecule has 1 N–H and O–H groups in total. The first kappa shape index (κ1) is 15.3. The average Bonchev–Trinajstić information content (AvgIpc) is 2.82. The van der Waals surface area contributed by atoms with Gasteiger partial charge in [0.1, 0.15) is 4.90 Å². The van der Waals surface area contributed by atoms with E-state index in [9.17, 15) is 8.42 Å². The summed E-state index contributed by atoms with van der Waals surface area (Å²) in [6, 6.07) is 7.14. The Morgan fingerprint density at radius 1 is 1.25 bits per heavy atom. The van der Waals surface area contributed by atoms with Gasteiger partial charge in [-0.1, -0.05) is 31.9 Å². The predicted molar refractivity (Wildman–Crippen MR) is 82.3 cm³/mol. The highest BCUT2D eigenvalue weighted by Crippen LogP contribution is 2.32. The molecule has 4 nitrogen and oxygen atoms in total. The maximum Gasteiger partial charge on any atom is 0.244 e. The quantitative estimate of drug-likeness (QED) is 0.909. The van der Waals surface area contributed by atoms with E-state index in [2.05, 4.69) is 12.2 Å². The lowest BCUT2D eigenvalue weighted by Crippen LogP contribution is -2.24. The molecule has 0 aliphatic heterocycles. The number of benzene rings is 1. The molecule has 0 bridgehead atoms. The molecule has 112 valence electrons. The smallest absolute Gasteiger partial charge is 0.244 e. The van der Waals surface area contributed by atoms with Crippen LogP contribution in [0.4, 0.5) is 5.69 Å². The highest BCUT2D eigenvalue weighted by molar-refractivity contribution is 7.89. The monoisotopic (exact) mass is 296 g/mol. The number of hydrogen-bond donors (Lipinski definition) is 1. The Morgan fingerprint density at radius 2 is 1.95 bits per heavy atom. The Bertz CT molecular complexity index is 555. The minimum absolute atomic E-state index is 0.357. The van der Waals surface area contributed by atoms with Crippen LogP contribution in [0.1, 0.15) is 26.2 Å². The van der Waals surface area contributed by atoms with Gasteiger partial charge in [0, 0.05) is 20.6 Å². The topological polar surface area (TPSA) is 49.4 Å². The molecular formula is C15H24N2O2S. The molecule has 1 aliphatic rings. The lowest BCUT2D eigenvalue weighted by Gasteiger charge is -2.20. The summed E-state index contributed by atoms with van der Waals surface area (Å²) in [6.45, 7) is 3.13. The van der Waals surface area contributed by atoms with Crippen LogP contribution >= 0.6 is 0 Å². The molecular weight excluding hydrogens is 272 g/mol. The molecule has 0 saturated heterocycles. The molecule has 2 atom stereocenters. The maximum atomic E-state index is 12.3. The van der Waals surface area contributed by atoms with Gasteiger partial charge in [-0.15, -0.1) is 0 Å². The fraction of sp³-hybridized carbons (Fsp3) is 0.600. The van der Waals surface area contributed by atoms with Crippen LogP contribution < -0.4 is 5.32 Å². The van der Waals surface area contributed by atoms with Crippen LogP contribution in [-0.4, -0.2) is 33.4 Å². The molecule has 1 aromatic carbocycles.